The van der Waals surface area contributed by atoms with Crippen molar-refractivity contribution < 1.29 is 0 Å². The smallest absolute Gasteiger partial charge is 0.00718 e. The SMILES string of the molecule is CC(c1ccccc1)C1(CCN)CCC1. The predicted molar refractivity (Wildman–Crippen MR) is 64.8 cm³/mol. The highest BCUT2D eigenvalue weighted by atomic mass is 14.6. The Balaban J connectivity index is 2.15. The fourth-order valence-corrected chi connectivity index (χ4v) is 2.91. The molecule has 1 nitrogen and oxygen atoms in total. The Hall–Kier alpha value is -0.820. The second-order valence-electron chi connectivity index (χ2n) is 4.89. The van der Waals surface area contributed by atoms with Crippen molar-refractivity contribution in [1.29, 1.82) is 0 Å². The molecule has 1 atom stereocenters. The van der Waals surface area contributed by atoms with Crippen molar-refractivity contribution >= 4 is 0 Å². The van der Waals surface area contributed by atoms with Crippen LogP contribution in [0.2, 0.25) is 0 Å². The van der Waals surface area contributed by atoms with E-state index >= 15 is 0 Å². The third kappa shape index (κ3) is 1.93. The largest absolute Gasteiger partial charge is 0.330 e. The average Bonchev–Trinajstić information content (AvgIpc) is 2.24. The molecule has 0 aliphatic heterocycles. The van der Waals surface area contributed by atoms with Gasteiger partial charge in [-0.2, -0.15) is 0 Å². The summed E-state index contributed by atoms with van der Waals surface area (Å²) in [5.74, 6) is 0.663. The summed E-state index contributed by atoms with van der Waals surface area (Å²) in [6, 6.07) is 10.9. The van der Waals surface area contributed by atoms with E-state index in [9.17, 15) is 0 Å². The van der Waals surface area contributed by atoms with E-state index in [4.69, 9.17) is 5.73 Å². The minimum atomic E-state index is 0.510. The van der Waals surface area contributed by atoms with Gasteiger partial charge >= 0.3 is 0 Å². The molecule has 0 bridgehead atoms. The monoisotopic (exact) mass is 203 g/mol. The van der Waals surface area contributed by atoms with Gasteiger partial charge in [-0.3, -0.25) is 0 Å². The fraction of sp³-hybridized carbons (Fsp3) is 0.571. The summed E-state index contributed by atoms with van der Waals surface area (Å²) >= 11 is 0. The van der Waals surface area contributed by atoms with Crippen molar-refractivity contribution in [3.05, 3.63) is 35.9 Å². The lowest BCUT2D eigenvalue weighted by Crippen LogP contribution is -2.36. The molecule has 1 aliphatic rings. The third-order valence-electron chi connectivity index (χ3n) is 4.21. The summed E-state index contributed by atoms with van der Waals surface area (Å²) in [5, 5.41) is 0. The van der Waals surface area contributed by atoms with Gasteiger partial charge in [-0.05, 0) is 42.7 Å². The van der Waals surface area contributed by atoms with E-state index in [-0.39, 0.29) is 0 Å². The Morgan fingerprint density at radius 2 is 1.93 bits per heavy atom. The zero-order chi connectivity index (χ0) is 10.7. The van der Waals surface area contributed by atoms with E-state index in [1.54, 1.807) is 0 Å². The van der Waals surface area contributed by atoms with Crippen LogP contribution in [-0.4, -0.2) is 6.54 Å². The molecule has 0 saturated heterocycles. The van der Waals surface area contributed by atoms with Crippen LogP contribution in [0.5, 0.6) is 0 Å². The first-order chi connectivity index (χ1) is 7.28. The Kier molecular flexibility index (Phi) is 3.11. The van der Waals surface area contributed by atoms with Crippen molar-refractivity contribution in [2.75, 3.05) is 6.54 Å². The Morgan fingerprint density at radius 3 is 2.40 bits per heavy atom. The number of benzene rings is 1. The van der Waals surface area contributed by atoms with E-state index in [0.717, 1.165) is 6.54 Å². The molecule has 0 aromatic heterocycles. The molecule has 1 saturated carbocycles. The van der Waals surface area contributed by atoms with Gasteiger partial charge in [0.25, 0.3) is 0 Å². The second-order valence-corrected chi connectivity index (χ2v) is 4.89. The number of hydrogen-bond acceptors (Lipinski definition) is 1. The summed E-state index contributed by atoms with van der Waals surface area (Å²) in [6.45, 7) is 3.20. The van der Waals surface area contributed by atoms with Crippen molar-refractivity contribution in [3.8, 4) is 0 Å². The third-order valence-corrected chi connectivity index (χ3v) is 4.21. The van der Waals surface area contributed by atoms with E-state index < -0.39 is 0 Å². The summed E-state index contributed by atoms with van der Waals surface area (Å²) in [4.78, 5) is 0. The number of hydrogen-bond donors (Lipinski definition) is 1. The lowest BCUT2D eigenvalue weighted by Gasteiger charge is -2.47. The quantitative estimate of drug-likeness (QED) is 0.798. The molecule has 0 amide bonds. The van der Waals surface area contributed by atoms with Gasteiger partial charge in [0.1, 0.15) is 0 Å². The first-order valence-corrected chi connectivity index (χ1v) is 6.03. The van der Waals surface area contributed by atoms with E-state index in [1.165, 1.54) is 31.2 Å². The van der Waals surface area contributed by atoms with E-state index in [0.29, 0.717) is 11.3 Å². The van der Waals surface area contributed by atoms with Crippen molar-refractivity contribution in [1.82, 2.24) is 0 Å². The molecule has 1 aromatic carbocycles. The molecule has 1 fully saturated rings. The maximum absolute atomic E-state index is 5.74. The van der Waals surface area contributed by atoms with Crippen molar-refractivity contribution in [3.63, 3.8) is 0 Å². The standard InChI is InChI=1S/C14H21N/c1-12(13-6-3-2-4-7-13)14(10-11-15)8-5-9-14/h2-4,6-7,12H,5,8-11,15H2,1H3. The first-order valence-electron chi connectivity index (χ1n) is 6.03. The van der Waals surface area contributed by atoms with Crippen LogP contribution in [0.15, 0.2) is 30.3 Å². The average molecular weight is 203 g/mol. The number of nitrogens with two attached hydrogens (primary N) is 1. The van der Waals surface area contributed by atoms with Gasteiger partial charge in [0.15, 0.2) is 0 Å². The Labute approximate surface area is 92.7 Å². The molecule has 0 heterocycles. The van der Waals surface area contributed by atoms with E-state index in [1.807, 2.05) is 0 Å². The molecule has 15 heavy (non-hydrogen) atoms. The normalized spacial score (nSPS) is 20.7. The van der Waals surface area contributed by atoms with Crippen LogP contribution in [0, 0.1) is 5.41 Å². The van der Waals surface area contributed by atoms with Gasteiger partial charge in [-0.25, -0.2) is 0 Å². The fourth-order valence-electron chi connectivity index (χ4n) is 2.91. The van der Waals surface area contributed by atoms with Crippen LogP contribution in [0.25, 0.3) is 0 Å². The highest BCUT2D eigenvalue weighted by molar-refractivity contribution is 5.22. The molecular formula is C14H21N. The van der Waals surface area contributed by atoms with Gasteiger partial charge in [-0.15, -0.1) is 0 Å². The maximum Gasteiger partial charge on any atom is -0.00718 e. The molecule has 1 aromatic rings. The molecule has 2 rings (SSSR count). The van der Waals surface area contributed by atoms with Crippen LogP contribution in [-0.2, 0) is 0 Å². The molecule has 2 N–H and O–H groups in total. The molecule has 1 unspecified atom stereocenters. The second kappa shape index (κ2) is 4.36. The predicted octanol–water partition coefficient (Wildman–Crippen LogP) is 3.31. The minimum absolute atomic E-state index is 0.510. The van der Waals surface area contributed by atoms with E-state index in [2.05, 4.69) is 37.3 Å². The van der Waals surface area contributed by atoms with Gasteiger partial charge in [-0.1, -0.05) is 43.7 Å². The Bertz CT molecular complexity index is 300. The number of rotatable bonds is 4. The van der Waals surface area contributed by atoms with Crippen LogP contribution in [0.4, 0.5) is 0 Å². The summed E-state index contributed by atoms with van der Waals surface area (Å²) < 4.78 is 0. The highest BCUT2D eigenvalue weighted by Crippen LogP contribution is 2.53. The van der Waals surface area contributed by atoms with Crippen molar-refractivity contribution in [2.45, 2.75) is 38.5 Å². The zero-order valence-electron chi connectivity index (χ0n) is 9.58. The summed E-state index contributed by atoms with van der Waals surface area (Å²) in [5.41, 5.74) is 7.73. The molecule has 1 heteroatoms. The molecule has 1 aliphatic carbocycles. The highest BCUT2D eigenvalue weighted by Gasteiger charge is 2.41. The van der Waals surface area contributed by atoms with Gasteiger partial charge in [0.2, 0.25) is 0 Å². The molecular weight excluding hydrogens is 182 g/mol. The lowest BCUT2D eigenvalue weighted by atomic mass is 9.58. The van der Waals surface area contributed by atoms with Crippen LogP contribution in [0.1, 0.15) is 44.1 Å². The zero-order valence-corrected chi connectivity index (χ0v) is 9.58. The lowest BCUT2D eigenvalue weighted by molar-refractivity contribution is 0.0900. The topological polar surface area (TPSA) is 26.0 Å². The molecule has 82 valence electrons. The summed E-state index contributed by atoms with van der Waals surface area (Å²) in [6.07, 6.45) is 5.29. The van der Waals surface area contributed by atoms with Gasteiger partial charge in [0, 0.05) is 0 Å². The molecule has 0 radical (unpaired) electrons. The van der Waals surface area contributed by atoms with Gasteiger partial charge in [0.05, 0.1) is 0 Å². The van der Waals surface area contributed by atoms with Crippen LogP contribution >= 0.6 is 0 Å². The maximum atomic E-state index is 5.74. The van der Waals surface area contributed by atoms with Crippen LogP contribution < -0.4 is 5.73 Å². The minimum Gasteiger partial charge on any atom is -0.330 e. The van der Waals surface area contributed by atoms with Crippen LogP contribution in [0.3, 0.4) is 0 Å². The van der Waals surface area contributed by atoms with Crippen molar-refractivity contribution in [2.24, 2.45) is 11.1 Å². The summed E-state index contributed by atoms with van der Waals surface area (Å²) in [7, 11) is 0. The van der Waals surface area contributed by atoms with Gasteiger partial charge < -0.3 is 5.73 Å². The molecule has 0 spiro atoms. The Morgan fingerprint density at radius 1 is 1.27 bits per heavy atom. The first kappa shape index (κ1) is 10.7.